The zero-order chi connectivity index (χ0) is 14.5. The molecule has 1 heterocycles. The van der Waals surface area contributed by atoms with Crippen LogP contribution in [0, 0.1) is 0 Å². The van der Waals surface area contributed by atoms with Crippen LogP contribution in [0.3, 0.4) is 0 Å². The number of thiazole rings is 1. The summed E-state index contributed by atoms with van der Waals surface area (Å²) in [5, 5.41) is 2.88. The van der Waals surface area contributed by atoms with Crippen LogP contribution >= 0.6 is 34.7 Å². The third kappa shape index (κ3) is 3.88. The number of nitrogen functional groups attached to an aromatic ring is 1. The van der Waals surface area contributed by atoms with E-state index in [0.717, 1.165) is 10.6 Å². The Balaban J connectivity index is 2.01. The van der Waals surface area contributed by atoms with Gasteiger partial charge in [0.05, 0.1) is 17.3 Å². The molecule has 1 aromatic heterocycles. The average molecular weight is 329 g/mol. The molecule has 0 saturated heterocycles. The van der Waals surface area contributed by atoms with Crippen LogP contribution in [0.2, 0.25) is 5.02 Å². The maximum Gasteiger partial charge on any atom is 0.367 e. The molecule has 7 heteroatoms. The smallest absolute Gasteiger partial charge is 0.367 e. The zero-order valence-corrected chi connectivity index (χ0v) is 13.1. The van der Waals surface area contributed by atoms with Crippen LogP contribution in [0.15, 0.2) is 28.5 Å². The number of hydrogen-bond acceptors (Lipinski definition) is 6. The van der Waals surface area contributed by atoms with E-state index in [1.54, 1.807) is 19.1 Å². The second-order valence-corrected chi connectivity index (χ2v) is 6.13. The summed E-state index contributed by atoms with van der Waals surface area (Å²) in [5.41, 5.74) is 7.22. The second kappa shape index (κ2) is 6.97. The molecule has 4 nitrogen and oxygen atoms in total. The first-order chi connectivity index (χ1) is 9.60. The van der Waals surface area contributed by atoms with E-state index in [2.05, 4.69) is 4.98 Å². The number of aromatic nitrogens is 1. The van der Waals surface area contributed by atoms with Crippen LogP contribution in [0.4, 0.5) is 5.69 Å². The Kier molecular flexibility index (Phi) is 5.28. The lowest BCUT2D eigenvalue weighted by Crippen LogP contribution is -2.03. The Morgan fingerprint density at radius 2 is 2.35 bits per heavy atom. The molecule has 0 spiro atoms. The molecule has 2 N–H and O–H groups in total. The van der Waals surface area contributed by atoms with Crippen LogP contribution < -0.4 is 5.73 Å². The molecule has 0 aliphatic heterocycles. The SMILES string of the molecule is CCOC(=O)c1nc(CSc2cc(N)ccc2Cl)cs1. The maximum absolute atomic E-state index is 11.5. The van der Waals surface area contributed by atoms with Gasteiger partial charge in [0, 0.05) is 21.7 Å². The summed E-state index contributed by atoms with van der Waals surface area (Å²) in [5.74, 6) is 0.245. The monoisotopic (exact) mass is 328 g/mol. The maximum atomic E-state index is 11.5. The molecule has 0 saturated carbocycles. The summed E-state index contributed by atoms with van der Waals surface area (Å²) in [6, 6.07) is 5.35. The van der Waals surface area contributed by atoms with Gasteiger partial charge < -0.3 is 10.5 Å². The van der Waals surface area contributed by atoms with E-state index in [-0.39, 0.29) is 5.97 Å². The van der Waals surface area contributed by atoms with Gasteiger partial charge in [-0.15, -0.1) is 23.1 Å². The number of carbonyl (C=O) groups excluding carboxylic acids is 1. The molecule has 1 aromatic carbocycles. The van der Waals surface area contributed by atoms with Crippen molar-refractivity contribution in [2.24, 2.45) is 0 Å². The van der Waals surface area contributed by atoms with E-state index < -0.39 is 0 Å². The first-order valence-electron chi connectivity index (χ1n) is 5.89. The Morgan fingerprint density at radius 1 is 1.55 bits per heavy atom. The van der Waals surface area contributed by atoms with Crippen molar-refractivity contribution in [2.45, 2.75) is 17.6 Å². The van der Waals surface area contributed by atoms with Gasteiger partial charge in [-0.3, -0.25) is 0 Å². The molecule has 0 bridgehead atoms. The van der Waals surface area contributed by atoms with Gasteiger partial charge in [0.1, 0.15) is 0 Å². The van der Waals surface area contributed by atoms with Crippen molar-refractivity contribution in [3.05, 3.63) is 39.3 Å². The molecular formula is C13H13ClN2O2S2. The molecule has 2 aromatic rings. The van der Waals surface area contributed by atoms with Gasteiger partial charge >= 0.3 is 5.97 Å². The number of hydrogen-bond donors (Lipinski definition) is 1. The van der Waals surface area contributed by atoms with Crippen molar-refractivity contribution < 1.29 is 9.53 Å². The van der Waals surface area contributed by atoms with Crippen LogP contribution in [0.1, 0.15) is 22.4 Å². The van der Waals surface area contributed by atoms with E-state index in [0.29, 0.717) is 28.1 Å². The quantitative estimate of drug-likeness (QED) is 0.513. The molecule has 0 atom stereocenters. The number of halogens is 1. The molecule has 2 rings (SSSR count). The number of benzene rings is 1. The summed E-state index contributed by atoms with van der Waals surface area (Å²) in [7, 11) is 0. The second-order valence-electron chi connectivity index (χ2n) is 3.84. The van der Waals surface area contributed by atoms with Crippen LogP contribution in [0.25, 0.3) is 0 Å². The largest absolute Gasteiger partial charge is 0.461 e. The number of carbonyl (C=O) groups is 1. The van der Waals surface area contributed by atoms with Gasteiger partial charge in [0.2, 0.25) is 5.01 Å². The number of ether oxygens (including phenoxy) is 1. The van der Waals surface area contributed by atoms with Crippen molar-refractivity contribution in [3.63, 3.8) is 0 Å². The van der Waals surface area contributed by atoms with Crippen molar-refractivity contribution in [1.29, 1.82) is 0 Å². The number of esters is 1. The van der Waals surface area contributed by atoms with Crippen LogP contribution in [-0.4, -0.2) is 17.6 Å². The predicted molar refractivity (Wildman–Crippen MR) is 83.5 cm³/mol. The van der Waals surface area contributed by atoms with Crippen molar-refractivity contribution in [1.82, 2.24) is 4.98 Å². The highest BCUT2D eigenvalue weighted by atomic mass is 35.5. The number of nitrogens with zero attached hydrogens (tertiary/aromatic N) is 1. The summed E-state index contributed by atoms with van der Waals surface area (Å²) in [6.07, 6.45) is 0. The molecule has 106 valence electrons. The first-order valence-corrected chi connectivity index (χ1v) is 8.14. The molecule has 0 fully saturated rings. The number of anilines is 1. The summed E-state index contributed by atoms with van der Waals surface area (Å²) >= 11 is 8.91. The van der Waals surface area contributed by atoms with E-state index in [1.165, 1.54) is 23.1 Å². The molecule has 0 radical (unpaired) electrons. The normalized spacial score (nSPS) is 10.5. The van der Waals surface area contributed by atoms with Crippen molar-refractivity contribution in [2.75, 3.05) is 12.3 Å². The van der Waals surface area contributed by atoms with Gasteiger partial charge in [-0.1, -0.05) is 11.6 Å². The van der Waals surface area contributed by atoms with Gasteiger partial charge in [0.25, 0.3) is 0 Å². The first kappa shape index (κ1) is 15.2. The Morgan fingerprint density at radius 3 is 3.10 bits per heavy atom. The van der Waals surface area contributed by atoms with Gasteiger partial charge in [-0.05, 0) is 25.1 Å². The van der Waals surface area contributed by atoms with Crippen molar-refractivity contribution >= 4 is 46.4 Å². The fourth-order valence-electron chi connectivity index (χ4n) is 1.44. The molecule has 0 unspecified atom stereocenters. The third-order valence-electron chi connectivity index (χ3n) is 2.33. The molecule has 20 heavy (non-hydrogen) atoms. The highest BCUT2D eigenvalue weighted by Crippen LogP contribution is 2.31. The van der Waals surface area contributed by atoms with Crippen LogP contribution in [0.5, 0.6) is 0 Å². The van der Waals surface area contributed by atoms with Gasteiger partial charge in [-0.25, -0.2) is 9.78 Å². The standard InChI is InChI=1S/C13H13ClN2O2S2/c1-2-18-13(17)12-16-9(7-20-12)6-19-11-5-8(15)3-4-10(11)14/h3-5,7H,2,6,15H2,1H3. The lowest BCUT2D eigenvalue weighted by molar-refractivity contribution is 0.0525. The minimum absolute atomic E-state index is 0.349. The molecule has 0 aliphatic rings. The minimum atomic E-state index is -0.379. The van der Waals surface area contributed by atoms with Crippen LogP contribution in [-0.2, 0) is 10.5 Å². The highest BCUT2D eigenvalue weighted by molar-refractivity contribution is 7.98. The zero-order valence-electron chi connectivity index (χ0n) is 10.8. The van der Waals surface area contributed by atoms with E-state index >= 15 is 0 Å². The molecular weight excluding hydrogens is 316 g/mol. The highest BCUT2D eigenvalue weighted by Gasteiger charge is 2.12. The average Bonchev–Trinajstić information content (AvgIpc) is 2.89. The summed E-state index contributed by atoms with van der Waals surface area (Å²) in [6.45, 7) is 2.12. The Bertz CT molecular complexity index is 616. The lowest BCUT2D eigenvalue weighted by Gasteiger charge is -2.03. The summed E-state index contributed by atoms with van der Waals surface area (Å²) in [4.78, 5) is 16.7. The fraction of sp³-hybridized carbons (Fsp3) is 0.231. The van der Waals surface area contributed by atoms with Gasteiger partial charge in [-0.2, -0.15) is 0 Å². The molecule has 0 amide bonds. The number of thioether (sulfide) groups is 1. The van der Waals surface area contributed by atoms with E-state index in [4.69, 9.17) is 22.1 Å². The topological polar surface area (TPSA) is 65.2 Å². The third-order valence-corrected chi connectivity index (χ3v) is 4.73. The number of rotatable bonds is 5. The minimum Gasteiger partial charge on any atom is -0.461 e. The van der Waals surface area contributed by atoms with Crippen molar-refractivity contribution in [3.8, 4) is 0 Å². The number of nitrogens with two attached hydrogens (primary N) is 1. The Hall–Kier alpha value is -1.24. The Labute approximate surface area is 130 Å². The van der Waals surface area contributed by atoms with E-state index in [9.17, 15) is 4.79 Å². The van der Waals surface area contributed by atoms with E-state index in [1.807, 2.05) is 11.4 Å². The lowest BCUT2D eigenvalue weighted by atomic mass is 10.3. The summed E-state index contributed by atoms with van der Waals surface area (Å²) < 4.78 is 4.90. The predicted octanol–water partition coefficient (Wildman–Crippen LogP) is 3.85. The fourth-order valence-corrected chi connectivity index (χ4v) is 3.41. The van der Waals surface area contributed by atoms with Gasteiger partial charge in [0.15, 0.2) is 0 Å². The molecule has 0 aliphatic carbocycles.